The molecular formula is C13H26N2O2. The van der Waals surface area contributed by atoms with Gasteiger partial charge < -0.3 is 15.7 Å². The molecule has 2 unspecified atom stereocenters. The molecular weight excluding hydrogens is 216 g/mol. The van der Waals surface area contributed by atoms with Gasteiger partial charge in [0.1, 0.15) is 0 Å². The van der Waals surface area contributed by atoms with Gasteiger partial charge in [0.2, 0.25) is 5.91 Å². The van der Waals surface area contributed by atoms with Crippen LogP contribution < -0.4 is 10.6 Å². The van der Waals surface area contributed by atoms with E-state index in [4.69, 9.17) is 0 Å². The summed E-state index contributed by atoms with van der Waals surface area (Å²) in [6.45, 7) is 6.26. The number of hydrogen-bond donors (Lipinski definition) is 3. The van der Waals surface area contributed by atoms with Gasteiger partial charge in [-0.3, -0.25) is 4.79 Å². The van der Waals surface area contributed by atoms with Gasteiger partial charge in [-0.05, 0) is 39.2 Å². The van der Waals surface area contributed by atoms with Gasteiger partial charge in [0.15, 0.2) is 0 Å². The largest absolute Gasteiger partial charge is 0.393 e. The van der Waals surface area contributed by atoms with Crippen molar-refractivity contribution in [2.45, 2.75) is 52.1 Å². The first-order valence-corrected chi connectivity index (χ1v) is 6.78. The molecule has 1 aliphatic heterocycles. The van der Waals surface area contributed by atoms with E-state index >= 15 is 0 Å². The molecule has 0 radical (unpaired) electrons. The van der Waals surface area contributed by atoms with Crippen LogP contribution in [0.4, 0.5) is 0 Å². The van der Waals surface area contributed by atoms with E-state index in [2.05, 4.69) is 17.6 Å². The third kappa shape index (κ3) is 4.28. The number of aliphatic hydroxyl groups excluding tert-OH is 1. The first kappa shape index (κ1) is 14.5. The van der Waals surface area contributed by atoms with Crippen LogP contribution in [0.5, 0.6) is 0 Å². The highest BCUT2D eigenvalue weighted by Crippen LogP contribution is 2.31. The number of carbonyl (C=O) groups is 1. The Hall–Kier alpha value is -0.610. The van der Waals surface area contributed by atoms with Crippen LogP contribution in [0.25, 0.3) is 0 Å². The van der Waals surface area contributed by atoms with Crippen LogP contribution in [-0.2, 0) is 4.79 Å². The lowest BCUT2D eigenvalue weighted by molar-refractivity contribution is -0.132. The standard InChI is InChI=1S/C13H26N2O2/c1-3-6-13(7-4-8-14-10-13)12(17)15-9-5-11(2)16/h11,14,16H,3-10H2,1-2H3,(H,15,17). The monoisotopic (exact) mass is 242 g/mol. The Balaban J connectivity index is 2.48. The van der Waals surface area contributed by atoms with Crippen molar-refractivity contribution in [3.05, 3.63) is 0 Å². The summed E-state index contributed by atoms with van der Waals surface area (Å²) in [6, 6.07) is 0. The van der Waals surface area contributed by atoms with Crippen LogP contribution in [0.1, 0.15) is 46.0 Å². The van der Waals surface area contributed by atoms with E-state index in [1.54, 1.807) is 6.92 Å². The van der Waals surface area contributed by atoms with Crippen LogP contribution >= 0.6 is 0 Å². The zero-order valence-electron chi connectivity index (χ0n) is 11.1. The third-order valence-corrected chi connectivity index (χ3v) is 3.53. The molecule has 0 aromatic rings. The minimum atomic E-state index is -0.345. The van der Waals surface area contributed by atoms with Gasteiger partial charge in [0, 0.05) is 13.1 Å². The minimum absolute atomic E-state index is 0.159. The second kappa shape index (κ2) is 6.97. The summed E-state index contributed by atoms with van der Waals surface area (Å²) >= 11 is 0. The predicted molar refractivity (Wildman–Crippen MR) is 68.8 cm³/mol. The highest BCUT2D eigenvalue weighted by Gasteiger charge is 2.38. The summed E-state index contributed by atoms with van der Waals surface area (Å²) in [7, 11) is 0. The fraction of sp³-hybridized carbons (Fsp3) is 0.923. The summed E-state index contributed by atoms with van der Waals surface area (Å²) in [5.74, 6) is 0.159. The maximum absolute atomic E-state index is 12.3. The molecule has 0 aliphatic carbocycles. The summed E-state index contributed by atoms with van der Waals surface area (Å²) in [4.78, 5) is 12.3. The number of nitrogens with one attached hydrogen (secondary N) is 2. The van der Waals surface area contributed by atoms with Gasteiger partial charge in [-0.2, -0.15) is 0 Å². The van der Waals surface area contributed by atoms with Crippen molar-refractivity contribution in [3.8, 4) is 0 Å². The quantitative estimate of drug-likeness (QED) is 0.652. The van der Waals surface area contributed by atoms with Crippen LogP contribution in [-0.4, -0.2) is 36.8 Å². The molecule has 0 aromatic carbocycles. The Kier molecular flexibility index (Phi) is 5.92. The second-order valence-corrected chi connectivity index (χ2v) is 5.20. The van der Waals surface area contributed by atoms with E-state index in [9.17, 15) is 9.90 Å². The van der Waals surface area contributed by atoms with E-state index in [0.29, 0.717) is 13.0 Å². The number of aliphatic hydroxyl groups is 1. The summed E-state index contributed by atoms with van der Waals surface area (Å²) in [6.07, 6.45) is 4.31. The van der Waals surface area contributed by atoms with Crippen LogP contribution in [0.3, 0.4) is 0 Å². The topological polar surface area (TPSA) is 61.4 Å². The third-order valence-electron chi connectivity index (χ3n) is 3.53. The van der Waals surface area contributed by atoms with Crippen molar-refractivity contribution < 1.29 is 9.90 Å². The van der Waals surface area contributed by atoms with Gasteiger partial charge in [-0.15, -0.1) is 0 Å². The number of rotatable bonds is 6. The average molecular weight is 242 g/mol. The predicted octanol–water partition coefficient (Wildman–Crippen LogP) is 1.04. The number of carbonyl (C=O) groups excluding carboxylic acids is 1. The first-order chi connectivity index (χ1) is 8.10. The summed E-state index contributed by atoms with van der Waals surface area (Å²) in [5, 5.41) is 15.5. The molecule has 2 atom stereocenters. The molecule has 3 N–H and O–H groups in total. The Morgan fingerprint density at radius 1 is 1.59 bits per heavy atom. The molecule has 1 aliphatic rings. The molecule has 100 valence electrons. The molecule has 4 nitrogen and oxygen atoms in total. The molecule has 1 fully saturated rings. The number of piperidine rings is 1. The molecule has 1 heterocycles. The first-order valence-electron chi connectivity index (χ1n) is 6.78. The molecule has 4 heteroatoms. The molecule has 0 aromatic heterocycles. The average Bonchev–Trinajstić information content (AvgIpc) is 2.30. The molecule has 0 bridgehead atoms. The van der Waals surface area contributed by atoms with Crippen molar-refractivity contribution in [3.63, 3.8) is 0 Å². The lowest BCUT2D eigenvalue weighted by Crippen LogP contribution is -2.50. The Labute approximate surface area is 104 Å². The highest BCUT2D eigenvalue weighted by molar-refractivity contribution is 5.83. The maximum Gasteiger partial charge on any atom is 0.227 e. The van der Waals surface area contributed by atoms with Crippen LogP contribution in [0, 0.1) is 5.41 Å². The Bertz CT molecular complexity index is 230. The lowest BCUT2D eigenvalue weighted by atomic mass is 9.76. The van der Waals surface area contributed by atoms with Crippen LogP contribution in [0.2, 0.25) is 0 Å². The molecule has 1 saturated heterocycles. The molecule has 1 amide bonds. The summed E-state index contributed by atoms with van der Waals surface area (Å²) in [5.41, 5.74) is -0.217. The van der Waals surface area contributed by atoms with E-state index < -0.39 is 0 Å². The lowest BCUT2D eigenvalue weighted by Gasteiger charge is -2.36. The molecule has 0 spiro atoms. The molecule has 0 saturated carbocycles. The molecule has 1 rings (SSSR count). The number of amides is 1. The smallest absolute Gasteiger partial charge is 0.227 e. The summed E-state index contributed by atoms with van der Waals surface area (Å²) < 4.78 is 0. The zero-order valence-corrected chi connectivity index (χ0v) is 11.1. The van der Waals surface area contributed by atoms with Gasteiger partial charge in [0.05, 0.1) is 11.5 Å². The van der Waals surface area contributed by atoms with Crippen molar-refractivity contribution in [2.24, 2.45) is 5.41 Å². The second-order valence-electron chi connectivity index (χ2n) is 5.20. The van der Waals surface area contributed by atoms with Gasteiger partial charge in [-0.25, -0.2) is 0 Å². The number of hydrogen-bond acceptors (Lipinski definition) is 3. The van der Waals surface area contributed by atoms with E-state index in [1.807, 2.05) is 0 Å². The molecule has 17 heavy (non-hydrogen) atoms. The fourth-order valence-electron chi connectivity index (χ4n) is 2.55. The van der Waals surface area contributed by atoms with Gasteiger partial charge in [0.25, 0.3) is 0 Å². The van der Waals surface area contributed by atoms with Gasteiger partial charge in [-0.1, -0.05) is 13.3 Å². The van der Waals surface area contributed by atoms with Crippen molar-refractivity contribution in [1.29, 1.82) is 0 Å². The van der Waals surface area contributed by atoms with E-state index in [1.165, 1.54) is 0 Å². The fourth-order valence-corrected chi connectivity index (χ4v) is 2.55. The van der Waals surface area contributed by atoms with E-state index in [-0.39, 0.29) is 17.4 Å². The van der Waals surface area contributed by atoms with Crippen molar-refractivity contribution in [2.75, 3.05) is 19.6 Å². The Morgan fingerprint density at radius 2 is 2.35 bits per heavy atom. The SMILES string of the molecule is CCCC1(C(=O)NCCC(C)O)CCCNC1. The highest BCUT2D eigenvalue weighted by atomic mass is 16.3. The zero-order chi connectivity index (χ0) is 12.7. The van der Waals surface area contributed by atoms with Crippen LogP contribution in [0.15, 0.2) is 0 Å². The normalized spacial score (nSPS) is 26.5. The maximum atomic E-state index is 12.3. The van der Waals surface area contributed by atoms with Crippen molar-refractivity contribution in [1.82, 2.24) is 10.6 Å². The Morgan fingerprint density at radius 3 is 2.88 bits per heavy atom. The minimum Gasteiger partial charge on any atom is -0.393 e. The van der Waals surface area contributed by atoms with E-state index in [0.717, 1.165) is 38.8 Å². The van der Waals surface area contributed by atoms with Crippen molar-refractivity contribution >= 4 is 5.91 Å². The van der Waals surface area contributed by atoms with Gasteiger partial charge >= 0.3 is 0 Å².